The van der Waals surface area contributed by atoms with Gasteiger partial charge in [0.25, 0.3) is 5.91 Å². The van der Waals surface area contributed by atoms with E-state index in [4.69, 9.17) is 0 Å². The molecule has 3 aromatic carbocycles. The van der Waals surface area contributed by atoms with Gasteiger partial charge in [-0.15, -0.1) is 0 Å². The van der Waals surface area contributed by atoms with Gasteiger partial charge in [0, 0.05) is 0 Å². The van der Waals surface area contributed by atoms with Gasteiger partial charge in [-0.3, -0.25) is 13.9 Å². The zero-order valence-electron chi connectivity index (χ0n) is 20.3. The van der Waals surface area contributed by atoms with Crippen LogP contribution in [0.4, 0.5) is 11.4 Å². The third-order valence-corrected chi connectivity index (χ3v) is 7.63. The van der Waals surface area contributed by atoms with Crippen molar-refractivity contribution < 1.29 is 18.0 Å². The number of nitrogens with zero attached hydrogens (tertiary/aromatic N) is 2. The summed E-state index contributed by atoms with van der Waals surface area (Å²) in [5.41, 5.74) is 2.86. The van der Waals surface area contributed by atoms with Crippen LogP contribution in [0.1, 0.15) is 18.1 Å². The molecule has 0 aromatic heterocycles. The molecule has 8 nitrogen and oxygen atoms in total. The third kappa shape index (κ3) is 4.87. The largest absolute Gasteiger partial charge is 0.341 e. The van der Waals surface area contributed by atoms with E-state index in [0.717, 1.165) is 28.2 Å². The summed E-state index contributed by atoms with van der Waals surface area (Å²) in [5.74, 6) is -0.751. The number of para-hydroxylation sites is 2. The first-order chi connectivity index (χ1) is 16.6. The van der Waals surface area contributed by atoms with Gasteiger partial charge in [0.2, 0.25) is 15.9 Å². The van der Waals surface area contributed by atoms with Crippen LogP contribution >= 0.6 is 0 Å². The Kier molecular flexibility index (Phi) is 6.82. The molecule has 0 saturated carbocycles. The van der Waals surface area contributed by atoms with E-state index in [1.54, 1.807) is 43.1 Å². The molecule has 184 valence electrons. The Bertz CT molecular complexity index is 1390. The molecule has 3 aromatic rings. The van der Waals surface area contributed by atoms with Crippen LogP contribution in [0, 0.1) is 6.92 Å². The Labute approximate surface area is 206 Å². The van der Waals surface area contributed by atoms with Crippen molar-refractivity contribution in [3.63, 3.8) is 0 Å². The van der Waals surface area contributed by atoms with Crippen LogP contribution in [0.15, 0.2) is 60.7 Å². The van der Waals surface area contributed by atoms with Gasteiger partial charge in [-0.25, -0.2) is 8.42 Å². The number of hydrogen-bond acceptors (Lipinski definition) is 5. The van der Waals surface area contributed by atoms with Gasteiger partial charge in [0.05, 0.1) is 36.8 Å². The second-order valence-electron chi connectivity index (χ2n) is 8.86. The highest BCUT2D eigenvalue weighted by atomic mass is 32.2. The minimum absolute atomic E-state index is 0.193. The van der Waals surface area contributed by atoms with Crippen LogP contribution < -0.4 is 19.8 Å². The van der Waals surface area contributed by atoms with Gasteiger partial charge >= 0.3 is 0 Å². The van der Waals surface area contributed by atoms with Crippen LogP contribution in [0.25, 0.3) is 10.8 Å². The molecule has 1 heterocycles. The number of sulfonamides is 1. The zero-order valence-corrected chi connectivity index (χ0v) is 21.1. The zero-order chi connectivity index (χ0) is 25.3. The molecule has 0 radical (unpaired) electrons. The first kappa shape index (κ1) is 24.7. The average Bonchev–Trinajstić information content (AvgIpc) is 2.95. The minimum Gasteiger partial charge on any atom is -0.341 e. The molecule has 0 spiro atoms. The maximum Gasteiger partial charge on any atom is 0.251 e. The summed E-state index contributed by atoms with van der Waals surface area (Å²) in [6, 6.07) is 17.4. The predicted molar refractivity (Wildman–Crippen MR) is 139 cm³/mol. The van der Waals surface area contributed by atoms with Crippen molar-refractivity contribution in [3.8, 4) is 0 Å². The van der Waals surface area contributed by atoms with E-state index >= 15 is 0 Å². The maximum atomic E-state index is 13.9. The van der Waals surface area contributed by atoms with Crippen LogP contribution in [0.2, 0.25) is 0 Å². The second-order valence-corrected chi connectivity index (χ2v) is 10.8. The van der Waals surface area contributed by atoms with Gasteiger partial charge in [-0.2, -0.15) is 0 Å². The van der Waals surface area contributed by atoms with Crippen molar-refractivity contribution in [2.24, 2.45) is 0 Å². The Morgan fingerprint density at radius 2 is 1.71 bits per heavy atom. The molecule has 0 unspecified atom stereocenters. The van der Waals surface area contributed by atoms with Crippen molar-refractivity contribution in [2.45, 2.75) is 32.5 Å². The van der Waals surface area contributed by atoms with Crippen molar-refractivity contribution in [2.75, 3.05) is 29.1 Å². The highest BCUT2D eigenvalue weighted by Crippen LogP contribution is 2.36. The van der Waals surface area contributed by atoms with E-state index in [1.165, 1.54) is 4.31 Å². The first-order valence-corrected chi connectivity index (χ1v) is 13.3. The van der Waals surface area contributed by atoms with Crippen molar-refractivity contribution >= 4 is 44.0 Å². The number of hydrogen-bond donors (Lipinski definition) is 2. The van der Waals surface area contributed by atoms with Crippen LogP contribution in [0.5, 0.6) is 0 Å². The van der Waals surface area contributed by atoms with Crippen LogP contribution in [-0.4, -0.2) is 52.2 Å². The number of nitrogens with one attached hydrogen (secondary N) is 2. The summed E-state index contributed by atoms with van der Waals surface area (Å²) in [4.78, 5) is 28.2. The van der Waals surface area contributed by atoms with E-state index < -0.39 is 22.1 Å². The number of rotatable bonds is 6. The van der Waals surface area contributed by atoms with Gasteiger partial charge in [0.15, 0.2) is 0 Å². The first-order valence-electron chi connectivity index (χ1n) is 11.4. The van der Waals surface area contributed by atoms with Crippen molar-refractivity contribution in [3.05, 3.63) is 71.8 Å². The molecule has 0 aliphatic carbocycles. The summed E-state index contributed by atoms with van der Waals surface area (Å²) in [7, 11) is -2.09. The molecule has 1 aliphatic heterocycles. The Morgan fingerprint density at radius 1 is 1.06 bits per heavy atom. The number of likely N-dealkylation sites (N-methyl/N-ethyl adjacent to an activating group) is 1. The molecule has 1 aliphatic rings. The monoisotopic (exact) mass is 494 g/mol. The van der Waals surface area contributed by atoms with Gasteiger partial charge < -0.3 is 15.5 Å². The minimum atomic E-state index is -3.73. The summed E-state index contributed by atoms with van der Waals surface area (Å²) < 4.78 is 26.8. The maximum absolute atomic E-state index is 13.9. The smallest absolute Gasteiger partial charge is 0.251 e. The molecule has 2 atom stereocenters. The van der Waals surface area contributed by atoms with E-state index in [-0.39, 0.29) is 24.9 Å². The fourth-order valence-corrected chi connectivity index (χ4v) is 5.31. The van der Waals surface area contributed by atoms with Gasteiger partial charge in [-0.05, 0) is 54.9 Å². The number of amides is 2. The lowest BCUT2D eigenvalue weighted by atomic mass is 9.99. The molecule has 2 amide bonds. The summed E-state index contributed by atoms with van der Waals surface area (Å²) in [6.07, 6.45) is 1.11. The number of fused-ring (bicyclic) bond motifs is 2. The Hall–Kier alpha value is -3.43. The molecule has 2 N–H and O–H groups in total. The van der Waals surface area contributed by atoms with Crippen LogP contribution in [0.3, 0.4) is 0 Å². The molecule has 4 rings (SSSR count). The number of benzene rings is 3. The van der Waals surface area contributed by atoms with E-state index in [2.05, 4.69) is 10.6 Å². The summed E-state index contributed by atoms with van der Waals surface area (Å²) >= 11 is 0. The summed E-state index contributed by atoms with van der Waals surface area (Å²) in [6.45, 7) is 3.71. The highest BCUT2D eigenvalue weighted by molar-refractivity contribution is 7.92. The lowest BCUT2D eigenvalue weighted by Gasteiger charge is -2.27. The quantitative estimate of drug-likeness (QED) is 0.549. The Balaban J connectivity index is 1.86. The van der Waals surface area contributed by atoms with Crippen molar-refractivity contribution in [1.29, 1.82) is 0 Å². The molecule has 0 saturated heterocycles. The lowest BCUT2D eigenvalue weighted by molar-refractivity contribution is -0.128. The van der Waals surface area contributed by atoms with E-state index in [1.807, 2.05) is 43.3 Å². The average molecular weight is 495 g/mol. The fourth-order valence-electron chi connectivity index (χ4n) is 4.38. The number of carbonyl (C=O) groups excluding carboxylic acids is 2. The van der Waals surface area contributed by atoms with Crippen LogP contribution in [-0.2, 0) is 26.2 Å². The highest BCUT2D eigenvalue weighted by Gasteiger charge is 2.38. The number of carbonyl (C=O) groups is 2. The molecular formula is C26H30N4O4S. The standard InChI is InChI=1S/C26H30N4O4S/c1-17-13-14-19-9-5-6-10-20(19)21(17)15-29-23-11-7-8-12-24(23)30(35(4,33)34)16-22(26(29)32)28-25(31)18(2)27-3/h5-14,18,22,27H,15-16H2,1-4H3,(H,28,31)/t18-,22-/m0/s1. The molecular weight excluding hydrogens is 464 g/mol. The molecule has 35 heavy (non-hydrogen) atoms. The van der Waals surface area contributed by atoms with E-state index in [9.17, 15) is 18.0 Å². The lowest BCUT2D eigenvalue weighted by Crippen LogP contribution is -2.55. The van der Waals surface area contributed by atoms with Gasteiger partial charge in [0.1, 0.15) is 6.04 Å². The number of anilines is 2. The molecule has 9 heteroatoms. The number of aryl methyl sites for hydroxylation is 1. The Morgan fingerprint density at radius 3 is 2.40 bits per heavy atom. The van der Waals surface area contributed by atoms with Crippen molar-refractivity contribution in [1.82, 2.24) is 10.6 Å². The predicted octanol–water partition coefficient (Wildman–Crippen LogP) is 2.55. The fraction of sp³-hybridized carbons (Fsp3) is 0.308. The topological polar surface area (TPSA) is 98.8 Å². The van der Waals surface area contributed by atoms with Gasteiger partial charge in [-0.1, -0.05) is 48.5 Å². The van der Waals surface area contributed by atoms with E-state index in [0.29, 0.717) is 11.4 Å². The summed E-state index contributed by atoms with van der Waals surface area (Å²) in [5, 5.41) is 7.69. The normalized spacial score (nSPS) is 17.1. The second kappa shape index (κ2) is 9.67. The molecule has 0 bridgehead atoms. The SMILES string of the molecule is CN[C@@H](C)C(=O)N[C@H]1CN(S(C)(=O)=O)c2ccccc2N(Cc2c(C)ccc3ccccc23)C1=O. The third-order valence-electron chi connectivity index (χ3n) is 6.49. The molecule has 0 fully saturated rings.